The van der Waals surface area contributed by atoms with E-state index in [1.807, 2.05) is 75.4 Å². The molecule has 6 nitrogen and oxygen atoms in total. The number of carbonyl (C=O) groups excluding carboxylic acids is 2. The third-order valence-corrected chi connectivity index (χ3v) is 4.62. The number of ether oxygens (including phenoxy) is 2. The molecule has 154 valence electrons. The van der Waals surface area contributed by atoms with E-state index in [2.05, 4.69) is 5.32 Å². The number of nitrogens with zero attached hydrogens (tertiary/aromatic N) is 1. The summed E-state index contributed by atoms with van der Waals surface area (Å²) < 4.78 is 11.2. The van der Waals surface area contributed by atoms with Gasteiger partial charge in [-0.05, 0) is 70.0 Å². The summed E-state index contributed by atoms with van der Waals surface area (Å²) in [4.78, 5) is 26.4. The Labute approximate surface area is 171 Å². The van der Waals surface area contributed by atoms with Crippen molar-refractivity contribution in [2.45, 2.75) is 39.2 Å². The van der Waals surface area contributed by atoms with Crippen molar-refractivity contribution < 1.29 is 19.1 Å². The predicted octanol–water partition coefficient (Wildman–Crippen LogP) is 5.06. The number of nitrogens with one attached hydrogen (secondary N) is 1. The number of anilines is 1. The van der Waals surface area contributed by atoms with Crippen LogP contribution in [0.15, 0.2) is 54.6 Å². The standard InChI is InChI=1S/C23H28N2O4/c1-23(2,3)29-22(27)25-15-13-17(14-16-25)21(26)24-18-9-11-20(12-10-18)28-19-7-5-4-6-8-19/h4-12,17H,13-16H2,1-3H3,(H,24,26). The molecule has 1 aliphatic heterocycles. The summed E-state index contributed by atoms with van der Waals surface area (Å²) in [5.41, 5.74) is 0.215. The lowest BCUT2D eigenvalue weighted by atomic mass is 9.96. The lowest BCUT2D eigenvalue weighted by Gasteiger charge is -2.32. The molecule has 1 fully saturated rings. The van der Waals surface area contributed by atoms with Crippen LogP contribution in [-0.4, -0.2) is 35.6 Å². The maximum atomic E-state index is 12.6. The predicted molar refractivity (Wildman–Crippen MR) is 112 cm³/mol. The van der Waals surface area contributed by atoms with E-state index in [1.165, 1.54) is 0 Å². The van der Waals surface area contributed by atoms with Crippen molar-refractivity contribution in [2.75, 3.05) is 18.4 Å². The van der Waals surface area contributed by atoms with E-state index < -0.39 is 5.60 Å². The van der Waals surface area contributed by atoms with Crippen molar-refractivity contribution >= 4 is 17.7 Å². The van der Waals surface area contributed by atoms with Crippen LogP contribution in [0.2, 0.25) is 0 Å². The molecule has 0 aliphatic carbocycles. The molecule has 0 unspecified atom stereocenters. The Balaban J connectivity index is 1.48. The van der Waals surface area contributed by atoms with Crippen molar-refractivity contribution in [3.8, 4) is 11.5 Å². The highest BCUT2D eigenvalue weighted by Crippen LogP contribution is 2.24. The summed E-state index contributed by atoms with van der Waals surface area (Å²) in [6.07, 6.45) is 0.936. The minimum Gasteiger partial charge on any atom is -0.457 e. The summed E-state index contributed by atoms with van der Waals surface area (Å²) >= 11 is 0. The fourth-order valence-electron chi connectivity index (χ4n) is 3.13. The highest BCUT2D eigenvalue weighted by molar-refractivity contribution is 5.92. The van der Waals surface area contributed by atoms with Gasteiger partial charge < -0.3 is 19.7 Å². The van der Waals surface area contributed by atoms with Gasteiger partial charge in [-0.15, -0.1) is 0 Å². The van der Waals surface area contributed by atoms with Gasteiger partial charge in [0.15, 0.2) is 0 Å². The zero-order chi connectivity index (χ0) is 20.9. The largest absolute Gasteiger partial charge is 0.457 e. The molecule has 2 aromatic rings. The highest BCUT2D eigenvalue weighted by atomic mass is 16.6. The minimum absolute atomic E-state index is 0.0226. The molecule has 2 amide bonds. The van der Waals surface area contributed by atoms with Crippen LogP contribution in [0.1, 0.15) is 33.6 Å². The van der Waals surface area contributed by atoms with Crippen molar-refractivity contribution in [2.24, 2.45) is 5.92 Å². The average Bonchev–Trinajstić information content (AvgIpc) is 2.69. The first-order valence-corrected chi connectivity index (χ1v) is 9.92. The Morgan fingerprint density at radius 2 is 1.52 bits per heavy atom. The van der Waals surface area contributed by atoms with E-state index in [0.29, 0.717) is 31.7 Å². The molecule has 0 atom stereocenters. The fourth-order valence-corrected chi connectivity index (χ4v) is 3.13. The van der Waals surface area contributed by atoms with Crippen molar-refractivity contribution in [1.82, 2.24) is 4.90 Å². The minimum atomic E-state index is -0.512. The van der Waals surface area contributed by atoms with Gasteiger partial charge in [-0.3, -0.25) is 4.79 Å². The van der Waals surface area contributed by atoms with Gasteiger partial charge in [0.25, 0.3) is 0 Å². The molecular weight excluding hydrogens is 368 g/mol. The van der Waals surface area contributed by atoms with Gasteiger partial charge in [0, 0.05) is 24.7 Å². The average molecular weight is 396 g/mol. The topological polar surface area (TPSA) is 67.9 Å². The zero-order valence-corrected chi connectivity index (χ0v) is 17.2. The van der Waals surface area contributed by atoms with Gasteiger partial charge in [-0.2, -0.15) is 0 Å². The van der Waals surface area contributed by atoms with Crippen LogP contribution in [0.25, 0.3) is 0 Å². The third-order valence-electron chi connectivity index (χ3n) is 4.62. The monoisotopic (exact) mass is 396 g/mol. The quantitative estimate of drug-likeness (QED) is 0.784. The first-order chi connectivity index (χ1) is 13.8. The third kappa shape index (κ3) is 6.24. The maximum Gasteiger partial charge on any atom is 0.410 e. The van der Waals surface area contributed by atoms with Crippen LogP contribution in [-0.2, 0) is 9.53 Å². The second kappa shape index (κ2) is 8.99. The van der Waals surface area contributed by atoms with E-state index in [1.54, 1.807) is 4.90 Å². The molecule has 0 aromatic heterocycles. The van der Waals surface area contributed by atoms with Crippen molar-refractivity contribution in [3.05, 3.63) is 54.6 Å². The molecule has 3 rings (SSSR count). The Morgan fingerprint density at radius 3 is 2.10 bits per heavy atom. The van der Waals surface area contributed by atoms with Crippen LogP contribution < -0.4 is 10.1 Å². The summed E-state index contributed by atoms with van der Waals surface area (Å²) in [6, 6.07) is 16.8. The fraction of sp³-hybridized carbons (Fsp3) is 0.391. The van der Waals surface area contributed by atoms with Crippen LogP contribution in [0.3, 0.4) is 0 Å². The van der Waals surface area contributed by atoms with Crippen LogP contribution in [0.4, 0.5) is 10.5 Å². The first kappa shape index (κ1) is 20.7. The van der Waals surface area contributed by atoms with Crippen LogP contribution >= 0.6 is 0 Å². The molecule has 0 bridgehead atoms. The van der Waals surface area contributed by atoms with Gasteiger partial charge in [0.2, 0.25) is 5.91 Å². The number of hydrogen-bond acceptors (Lipinski definition) is 4. The van der Waals surface area contributed by atoms with E-state index in [-0.39, 0.29) is 17.9 Å². The molecule has 2 aromatic carbocycles. The Kier molecular flexibility index (Phi) is 6.42. The summed E-state index contributed by atoms with van der Waals surface area (Å²) in [6.45, 7) is 6.59. The number of likely N-dealkylation sites (tertiary alicyclic amines) is 1. The zero-order valence-electron chi connectivity index (χ0n) is 17.2. The van der Waals surface area contributed by atoms with E-state index in [4.69, 9.17) is 9.47 Å². The molecular formula is C23H28N2O4. The summed E-state index contributed by atoms with van der Waals surface area (Å²) in [5.74, 6) is 1.33. The second-order valence-electron chi connectivity index (χ2n) is 8.17. The number of amides is 2. The highest BCUT2D eigenvalue weighted by Gasteiger charge is 2.29. The van der Waals surface area contributed by atoms with Crippen molar-refractivity contribution in [3.63, 3.8) is 0 Å². The van der Waals surface area contributed by atoms with E-state index in [0.717, 1.165) is 11.4 Å². The van der Waals surface area contributed by atoms with Gasteiger partial charge >= 0.3 is 6.09 Å². The number of carbonyl (C=O) groups is 2. The van der Waals surface area contributed by atoms with Crippen LogP contribution in [0.5, 0.6) is 11.5 Å². The molecule has 0 radical (unpaired) electrons. The van der Waals surface area contributed by atoms with Crippen LogP contribution in [0, 0.1) is 5.92 Å². The van der Waals surface area contributed by atoms with Gasteiger partial charge in [-0.25, -0.2) is 4.79 Å². The molecule has 1 aliphatic rings. The number of hydrogen-bond donors (Lipinski definition) is 1. The normalized spacial score (nSPS) is 14.9. The molecule has 1 saturated heterocycles. The van der Waals surface area contributed by atoms with E-state index in [9.17, 15) is 9.59 Å². The molecule has 0 saturated carbocycles. The smallest absolute Gasteiger partial charge is 0.410 e. The first-order valence-electron chi connectivity index (χ1n) is 9.92. The van der Waals surface area contributed by atoms with E-state index >= 15 is 0 Å². The van der Waals surface area contributed by atoms with Crippen molar-refractivity contribution in [1.29, 1.82) is 0 Å². The number of benzene rings is 2. The lowest BCUT2D eigenvalue weighted by molar-refractivity contribution is -0.121. The SMILES string of the molecule is CC(C)(C)OC(=O)N1CCC(C(=O)Nc2ccc(Oc3ccccc3)cc2)CC1. The maximum absolute atomic E-state index is 12.6. The summed E-state index contributed by atoms with van der Waals surface area (Å²) in [5, 5.41) is 2.96. The van der Waals surface area contributed by atoms with Gasteiger partial charge in [0.1, 0.15) is 17.1 Å². The van der Waals surface area contributed by atoms with Gasteiger partial charge in [-0.1, -0.05) is 18.2 Å². The molecule has 6 heteroatoms. The Hall–Kier alpha value is -3.02. The lowest BCUT2D eigenvalue weighted by Crippen LogP contribution is -2.43. The van der Waals surface area contributed by atoms with Gasteiger partial charge in [0.05, 0.1) is 0 Å². The number of piperidine rings is 1. The Morgan fingerprint density at radius 1 is 0.931 bits per heavy atom. The molecule has 1 heterocycles. The number of rotatable bonds is 4. The Bertz CT molecular complexity index is 820. The second-order valence-corrected chi connectivity index (χ2v) is 8.17. The summed E-state index contributed by atoms with van der Waals surface area (Å²) in [7, 11) is 0. The number of para-hydroxylation sites is 1. The molecule has 29 heavy (non-hydrogen) atoms. The molecule has 1 N–H and O–H groups in total. The molecule has 0 spiro atoms.